The fourth-order valence-electron chi connectivity index (χ4n) is 4.59. The first-order valence-electron chi connectivity index (χ1n) is 12.3. The third kappa shape index (κ3) is 5.14. The van der Waals surface area contributed by atoms with E-state index in [9.17, 15) is 18.8 Å². The molecule has 37 heavy (non-hydrogen) atoms. The van der Waals surface area contributed by atoms with Crippen molar-refractivity contribution in [3.63, 3.8) is 0 Å². The average molecular weight is 514 g/mol. The quantitative estimate of drug-likeness (QED) is 0.560. The van der Waals surface area contributed by atoms with E-state index in [1.807, 2.05) is 51.1 Å². The lowest BCUT2D eigenvalue weighted by molar-refractivity contribution is -0.227. The van der Waals surface area contributed by atoms with Gasteiger partial charge in [0.1, 0.15) is 11.8 Å². The predicted octanol–water partition coefficient (Wildman–Crippen LogP) is 3.83. The van der Waals surface area contributed by atoms with Gasteiger partial charge in [-0.15, -0.1) is 0 Å². The summed E-state index contributed by atoms with van der Waals surface area (Å²) in [7, 11) is 0. The molecule has 0 saturated carbocycles. The molecule has 1 saturated heterocycles. The lowest BCUT2D eigenvalue weighted by Gasteiger charge is -2.35. The van der Waals surface area contributed by atoms with E-state index >= 15 is 0 Å². The van der Waals surface area contributed by atoms with E-state index in [2.05, 4.69) is 15.5 Å². The molecule has 1 fully saturated rings. The Morgan fingerprint density at radius 3 is 2.65 bits per heavy atom. The molecule has 1 aromatic heterocycles. The Morgan fingerprint density at radius 2 is 1.97 bits per heavy atom. The van der Waals surface area contributed by atoms with Crippen LogP contribution in [0.5, 0.6) is 0 Å². The Balaban J connectivity index is 1.57. The third-order valence-electron chi connectivity index (χ3n) is 6.65. The number of rotatable bonds is 7. The lowest BCUT2D eigenvalue weighted by Crippen LogP contribution is -2.60. The number of benzene rings is 1. The molecule has 3 atom stereocenters. The summed E-state index contributed by atoms with van der Waals surface area (Å²) in [5, 5.41) is 8.73. The third-order valence-corrected chi connectivity index (χ3v) is 6.65. The molecule has 10 heteroatoms. The fraction of sp³-hybridized carbons (Fsp3) is 0.519. The molecule has 2 aliphatic heterocycles. The largest absolute Gasteiger partial charge is 0.417 e. The Labute approximate surface area is 214 Å². The van der Waals surface area contributed by atoms with Crippen molar-refractivity contribution in [2.45, 2.75) is 71.3 Å². The van der Waals surface area contributed by atoms with Crippen molar-refractivity contribution in [1.29, 1.82) is 0 Å². The lowest BCUT2D eigenvalue weighted by atomic mass is 9.83. The van der Waals surface area contributed by atoms with Gasteiger partial charge in [0.25, 0.3) is 5.91 Å². The number of hydrogen-bond acceptors (Lipinski definition) is 8. The molecular weight excluding hydrogens is 481 g/mol. The summed E-state index contributed by atoms with van der Waals surface area (Å²) in [6, 6.07) is 8.32. The molecule has 1 unspecified atom stereocenters. The molecule has 198 valence electrons. The molecule has 2 aromatic rings. The van der Waals surface area contributed by atoms with Crippen molar-refractivity contribution >= 4 is 34.3 Å². The van der Waals surface area contributed by atoms with Crippen molar-refractivity contribution in [3.05, 3.63) is 42.2 Å². The van der Waals surface area contributed by atoms with E-state index in [-0.39, 0.29) is 25.2 Å². The minimum absolute atomic E-state index is 0.0265. The second kappa shape index (κ2) is 9.72. The van der Waals surface area contributed by atoms with Crippen LogP contribution in [0.15, 0.2) is 41.7 Å². The number of aromatic nitrogens is 1. The minimum atomic E-state index is -2.24. The number of fused-ring (bicyclic) bond motifs is 1. The Morgan fingerprint density at radius 1 is 1.24 bits per heavy atom. The maximum atomic E-state index is 14.3. The van der Waals surface area contributed by atoms with Gasteiger partial charge in [0.05, 0.1) is 18.5 Å². The number of carbonyl (C=O) groups excluding carboxylic acids is 3. The highest BCUT2D eigenvalue weighted by atomic mass is 19.1. The van der Waals surface area contributed by atoms with Crippen molar-refractivity contribution in [2.24, 2.45) is 16.5 Å². The molecule has 2 aliphatic rings. The Bertz CT molecular complexity index is 1250. The molecule has 0 radical (unpaired) electrons. The van der Waals surface area contributed by atoms with Crippen LogP contribution in [0.1, 0.15) is 59.6 Å². The molecule has 0 aliphatic carbocycles. The van der Waals surface area contributed by atoms with E-state index in [4.69, 9.17) is 14.3 Å². The maximum absolute atomic E-state index is 14.3. The molecule has 4 rings (SSSR count). The maximum Gasteiger partial charge on any atom is 0.311 e. The van der Waals surface area contributed by atoms with Gasteiger partial charge in [0.15, 0.2) is 6.67 Å². The average Bonchev–Trinajstić information content (AvgIpc) is 3.40. The Kier molecular flexibility index (Phi) is 6.96. The summed E-state index contributed by atoms with van der Waals surface area (Å²) < 4.78 is 24.8. The van der Waals surface area contributed by atoms with Crippen LogP contribution in [0.25, 0.3) is 10.8 Å². The van der Waals surface area contributed by atoms with Crippen molar-refractivity contribution < 1.29 is 33.1 Å². The molecular formula is C27H32FN3O6. The van der Waals surface area contributed by atoms with Gasteiger partial charge in [-0.3, -0.25) is 19.4 Å². The van der Waals surface area contributed by atoms with Crippen LogP contribution < -0.4 is 5.32 Å². The summed E-state index contributed by atoms with van der Waals surface area (Å²) >= 11 is 0. The van der Waals surface area contributed by atoms with Crippen LogP contribution in [0.3, 0.4) is 0 Å². The number of pyridine rings is 1. The van der Waals surface area contributed by atoms with E-state index in [1.54, 1.807) is 20.0 Å². The van der Waals surface area contributed by atoms with Gasteiger partial charge in [-0.25, -0.2) is 4.39 Å². The second-order valence-corrected chi connectivity index (χ2v) is 11.1. The van der Waals surface area contributed by atoms with E-state index < -0.39 is 47.4 Å². The molecule has 1 amide bonds. The highest BCUT2D eigenvalue weighted by Gasteiger charge is 2.57. The number of halogens is 1. The standard InChI is InChI=1S/C27H32FN3O6/c1-16(2)26(13-19(31-37-26)23-18-9-7-6-8-17(18)10-11-29-23)24(34)30-20-12-21(32)35-27(20,15-28)36-22(33)14-25(3,4)5/h6-11,16,20H,12-15H2,1-5H3,(H,30,34)/t20?,26-,27+/m1/s1. The molecule has 1 N–H and O–H groups in total. The van der Waals surface area contributed by atoms with Crippen molar-refractivity contribution in [2.75, 3.05) is 6.67 Å². The van der Waals surface area contributed by atoms with Gasteiger partial charge in [0, 0.05) is 23.9 Å². The number of nitrogens with one attached hydrogen (secondary N) is 1. The number of hydrogen-bond donors (Lipinski definition) is 1. The summed E-state index contributed by atoms with van der Waals surface area (Å²) in [4.78, 5) is 48.6. The van der Waals surface area contributed by atoms with Crippen LogP contribution in [0, 0.1) is 11.3 Å². The zero-order chi connectivity index (χ0) is 27.0. The number of ether oxygens (including phenoxy) is 2. The summed E-state index contributed by atoms with van der Waals surface area (Å²) in [5.74, 6) is -4.73. The molecule has 3 heterocycles. The predicted molar refractivity (Wildman–Crippen MR) is 133 cm³/mol. The molecule has 0 spiro atoms. The first kappa shape index (κ1) is 26.5. The van der Waals surface area contributed by atoms with Crippen molar-refractivity contribution in [1.82, 2.24) is 10.3 Å². The number of carbonyl (C=O) groups is 3. The summed E-state index contributed by atoms with van der Waals surface area (Å²) in [6.45, 7) is 7.76. The summed E-state index contributed by atoms with van der Waals surface area (Å²) in [5.41, 5.74) is -0.787. The number of esters is 2. The number of oxime groups is 1. The zero-order valence-corrected chi connectivity index (χ0v) is 21.7. The first-order chi connectivity index (χ1) is 17.4. The van der Waals surface area contributed by atoms with Crippen LogP contribution in [-0.4, -0.2) is 52.6 Å². The number of amides is 1. The minimum Gasteiger partial charge on any atom is -0.417 e. The molecule has 0 bridgehead atoms. The molecule has 1 aromatic carbocycles. The summed E-state index contributed by atoms with van der Waals surface area (Å²) in [6.07, 6.45) is 1.39. The highest BCUT2D eigenvalue weighted by molar-refractivity contribution is 6.11. The highest BCUT2D eigenvalue weighted by Crippen LogP contribution is 2.37. The number of cyclic esters (lactones) is 1. The first-order valence-corrected chi connectivity index (χ1v) is 12.3. The van der Waals surface area contributed by atoms with Gasteiger partial charge < -0.3 is 19.6 Å². The van der Waals surface area contributed by atoms with Crippen LogP contribution in [0.2, 0.25) is 0 Å². The van der Waals surface area contributed by atoms with Gasteiger partial charge in [-0.2, -0.15) is 0 Å². The molecule has 9 nitrogen and oxygen atoms in total. The smallest absolute Gasteiger partial charge is 0.311 e. The van der Waals surface area contributed by atoms with E-state index in [0.29, 0.717) is 11.4 Å². The van der Waals surface area contributed by atoms with Gasteiger partial charge in [-0.05, 0) is 16.9 Å². The fourth-order valence-corrected chi connectivity index (χ4v) is 4.59. The zero-order valence-electron chi connectivity index (χ0n) is 21.7. The van der Waals surface area contributed by atoms with E-state index in [0.717, 1.165) is 10.8 Å². The van der Waals surface area contributed by atoms with Crippen LogP contribution >= 0.6 is 0 Å². The van der Waals surface area contributed by atoms with Gasteiger partial charge in [0.2, 0.25) is 5.60 Å². The second-order valence-electron chi connectivity index (χ2n) is 11.1. The van der Waals surface area contributed by atoms with Gasteiger partial charge in [-0.1, -0.05) is 64.0 Å². The number of alkyl halides is 1. The van der Waals surface area contributed by atoms with E-state index in [1.165, 1.54) is 0 Å². The Hall–Kier alpha value is -3.56. The monoisotopic (exact) mass is 513 g/mol. The number of nitrogens with zero attached hydrogens (tertiary/aromatic N) is 2. The topological polar surface area (TPSA) is 116 Å². The van der Waals surface area contributed by atoms with Crippen LogP contribution in [0.4, 0.5) is 4.39 Å². The normalized spacial score (nSPS) is 25.5. The van der Waals surface area contributed by atoms with Crippen molar-refractivity contribution in [3.8, 4) is 0 Å². The van der Waals surface area contributed by atoms with Crippen LogP contribution in [-0.2, 0) is 28.7 Å². The SMILES string of the molecule is CC(C)[C@@]1(C(=O)NC2CC(=O)O[C@@]2(CF)OC(=O)CC(C)(C)C)CC(c2nccc3ccccc23)=NO1. The van der Waals surface area contributed by atoms with Gasteiger partial charge >= 0.3 is 17.7 Å².